The molecule has 0 unspecified atom stereocenters. The summed E-state index contributed by atoms with van der Waals surface area (Å²) in [5, 5.41) is 10.5. The quantitative estimate of drug-likeness (QED) is 0.461. The van der Waals surface area contributed by atoms with Gasteiger partial charge in [-0.1, -0.05) is 34.8 Å². The van der Waals surface area contributed by atoms with Crippen LogP contribution >= 0.6 is 34.8 Å². The Morgan fingerprint density at radius 3 is 2.29 bits per heavy atom. The van der Waals surface area contributed by atoms with Crippen molar-refractivity contribution in [1.82, 2.24) is 9.88 Å². The van der Waals surface area contributed by atoms with Gasteiger partial charge in [0.25, 0.3) is 9.70 Å². The Morgan fingerprint density at radius 1 is 1.24 bits per heavy atom. The van der Waals surface area contributed by atoms with Gasteiger partial charge >= 0.3 is 5.82 Å². The summed E-state index contributed by atoms with van der Waals surface area (Å²) in [7, 11) is 0. The topological polar surface area (TPSA) is 79.6 Å². The summed E-state index contributed by atoms with van der Waals surface area (Å²) >= 11 is 16.7. The minimum Gasteiger partial charge on any atom is -0.365 e. The molecule has 0 bridgehead atoms. The van der Waals surface area contributed by atoms with Gasteiger partial charge in [0.2, 0.25) is 0 Å². The van der Waals surface area contributed by atoms with E-state index in [2.05, 4.69) is 4.98 Å². The van der Waals surface area contributed by atoms with Crippen molar-refractivity contribution in [2.75, 3.05) is 31.1 Å². The molecule has 1 fully saturated rings. The summed E-state index contributed by atoms with van der Waals surface area (Å²) in [5.74, 6) is -0.752. The number of rotatable bonds is 2. The van der Waals surface area contributed by atoms with E-state index < -0.39 is 14.6 Å². The maximum Gasteiger partial charge on any atom is 0.363 e. The van der Waals surface area contributed by atoms with E-state index >= 15 is 0 Å². The number of hydrogen-bond donors (Lipinski definition) is 0. The minimum absolute atomic E-state index is 0.205. The van der Waals surface area contributed by atoms with E-state index in [9.17, 15) is 14.9 Å². The Hall–Kier alpha value is -1.31. The third kappa shape index (κ3) is 3.87. The third-order valence-electron chi connectivity index (χ3n) is 3.09. The highest BCUT2D eigenvalue weighted by Gasteiger charge is 2.36. The monoisotopic (exact) mass is 352 g/mol. The highest BCUT2D eigenvalue weighted by Crippen LogP contribution is 2.29. The van der Waals surface area contributed by atoms with Crippen molar-refractivity contribution in [3.8, 4) is 0 Å². The minimum atomic E-state index is -1.95. The number of pyridine rings is 1. The fourth-order valence-electron chi connectivity index (χ4n) is 2.02. The first-order valence-corrected chi connectivity index (χ1v) is 7.14. The van der Waals surface area contributed by atoms with E-state index in [4.69, 9.17) is 34.8 Å². The molecule has 7 nitrogen and oxygen atoms in total. The average Bonchev–Trinajstić information content (AvgIpc) is 2.46. The molecule has 1 aliphatic rings. The van der Waals surface area contributed by atoms with Crippen LogP contribution in [0, 0.1) is 10.1 Å². The summed E-state index contributed by atoms with van der Waals surface area (Å²) in [5.41, 5.74) is 0.751. The maximum atomic E-state index is 11.8. The van der Waals surface area contributed by atoms with Crippen molar-refractivity contribution >= 4 is 52.2 Å². The van der Waals surface area contributed by atoms with Crippen LogP contribution < -0.4 is 4.90 Å². The molecule has 0 spiro atoms. The molecule has 0 N–H and O–H groups in total. The molecular weight excluding hydrogens is 343 g/mol. The van der Waals surface area contributed by atoms with E-state index in [-0.39, 0.29) is 5.82 Å². The molecular formula is C11H11Cl3N4O3. The van der Waals surface area contributed by atoms with E-state index in [1.54, 1.807) is 6.07 Å². The molecule has 10 heteroatoms. The predicted octanol–water partition coefficient (Wildman–Crippen LogP) is 2.01. The maximum absolute atomic E-state index is 11.8. The van der Waals surface area contributed by atoms with Gasteiger partial charge in [-0.25, -0.2) is 0 Å². The zero-order valence-corrected chi connectivity index (χ0v) is 13.0. The molecule has 0 aromatic carbocycles. The lowest BCUT2D eigenvalue weighted by atomic mass is 10.2. The van der Waals surface area contributed by atoms with E-state index in [1.165, 1.54) is 17.2 Å². The smallest absolute Gasteiger partial charge is 0.363 e. The summed E-state index contributed by atoms with van der Waals surface area (Å²) in [6.45, 7) is 1.88. The Bertz CT molecular complexity index is 539. The van der Waals surface area contributed by atoms with Crippen molar-refractivity contribution in [3.05, 3.63) is 28.4 Å². The zero-order chi connectivity index (χ0) is 15.6. The number of carbonyl (C=O) groups is 1. The number of nitro groups is 1. The van der Waals surface area contributed by atoms with Crippen LogP contribution in [0.3, 0.4) is 0 Å². The lowest BCUT2D eigenvalue weighted by Gasteiger charge is -2.36. The van der Waals surface area contributed by atoms with Crippen LogP contribution in [0.4, 0.5) is 11.5 Å². The van der Waals surface area contributed by atoms with Gasteiger partial charge in [0, 0.05) is 32.2 Å². The Kier molecular flexibility index (Phi) is 4.75. The standard InChI is InChI=1S/C11H11Cl3N4O3/c12-11(13,14)10(19)17-5-3-16(4-6-17)8-1-2-9(15-7-8)18(20)21/h1-2,7H,3-6H2. The molecule has 1 saturated heterocycles. The third-order valence-corrected chi connectivity index (χ3v) is 3.58. The molecule has 114 valence electrons. The number of piperazine rings is 1. The summed E-state index contributed by atoms with van der Waals surface area (Å²) < 4.78 is -1.95. The van der Waals surface area contributed by atoms with Crippen LogP contribution in [0.15, 0.2) is 18.3 Å². The molecule has 0 saturated carbocycles. The average molecular weight is 354 g/mol. The second-order valence-corrected chi connectivity index (χ2v) is 6.69. The highest BCUT2D eigenvalue weighted by atomic mass is 35.6. The van der Waals surface area contributed by atoms with Gasteiger partial charge in [-0.15, -0.1) is 0 Å². The molecule has 2 rings (SSSR count). The van der Waals surface area contributed by atoms with Crippen LogP contribution in [-0.4, -0.2) is 50.7 Å². The number of alkyl halides is 3. The lowest BCUT2D eigenvalue weighted by Crippen LogP contribution is -2.51. The SMILES string of the molecule is O=C(N1CCN(c2ccc([N+](=O)[O-])nc2)CC1)C(Cl)(Cl)Cl. The van der Waals surface area contributed by atoms with Crippen molar-refractivity contribution in [2.24, 2.45) is 0 Å². The van der Waals surface area contributed by atoms with Crippen LogP contribution in [0.5, 0.6) is 0 Å². The fourth-order valence-corrected chi connectivity index (χ4v) is 2.38. The first-order chi connectivity index (χ1) is 9.79. The second-order valence-electron chi connectivity index (χ2n) is 4.41. The van der Waals surface area contributed by atoms with E-state index in [0.29, 0.717) is 26.2 Å². The molecule has 21 heavy (non-hydrogen) atoms. The molecule has 1 aromatic heterocycles. The van der Waals surface area contributed by atoms with Gasteiger partial charge in [-0.3, -0.25) is 4.79 Å². The normalized spacial score (nSPS) is 16.0. The molecule has 2 heterocycles. The Balaban J connectivity index is 1.98. The van der Waals surface area contributed by atoms with Crippen molar-refractivity contribution < 1.29 is 9.72 Å². The van der Waals surface area contributed by atoms with E-state index in [1.807, 2.05) is 4.90 Å². The molecule has 0 aliphatic carbocycles. The molecule has 1 aromatic rings. The first kappa shape index (κ1) is 16.1. The summed E-state index contributed by atoms with van der Waals surface area (Å²) in [4.78, 5) is 29.0. The summed E-state index contributed by atoms with van der Waals surface area (Å²) in [6.07, 6.45) is 1.44. The molecule has 0 atom stereocenters. The van der Waals surface area contributed by atoms with Gasteiger partial charge in [0.1, 0.15) is 0 Å². The number of carbonyl (C=O) groups excluding carboxylic acids is 1. The van der Waals surface area contributed by atoms with Gasteiger partial charge in [-0.2, -0.15) is 0 Å². The van der Waals surface area contributed by atoms with Gasteiger partial charge in [0.05, 0.1) is 5.69 Å². The predicted molar refractivity (Wildman–Crippen MR) is 80.0 cm³/mol. The number of hydrogen-bond acceptors (Lipinski definition) is 5. The molecule has 1 aliphatic heterocycles. The van der Waals surface area contributed by atoms with Crippen molar-refractivity contribution in [3.63, 3.8) is 0 Å². The van der Waals surface area contributed by atoms with Crippen LogP contribution in [0.1, 0.15) is 0 Å². The number of nitrogens with zero attached hydrogens (tertiary/aromatic N) is 4. The molecule has 0 radical (unpaired) electrons. The Labute approximate surface area is 135 Å². The second kappa shape index (κ2) is 6.21. The number of halogens is 3. The van der Waals surface area contributed by atoms with Crippen LogP contribution in [-0.2, 0) is 4.79 Å². The number of amides is 1. The largest absolute Gasteiger partial charge is 0.365 e. The van der Waals surface area contributed by atoms with Crippen LogP contribution in [0.25, 0.3) is 0 Å². The van der Waals surface area contributed by atoms with Crippen molar-refractivity contribution in [2.45, 2.75) is 3.79 Å². The molecule has 1 amide bonds. The highest BCUT2D eigenvalue weighted by molar-refractivity contribution is 6.76. The van der Waals surface area contributed by atoms with Gasteiger partial charge in [-0.05, 0) is 16.0 Å². The fraction of sp³-hybridized carbons (Fsp3) is 0.455. The number of anilines is 1. The van der Waals surface area contributed by atoms with Crippen molar-refractivity contribution in [1.29, 1.82) is 0 Å². The lowest BCUT2D eigenvalue weighted by molar-refractivity contribution is -0.389. The van der Waals surface area contributed by atoms with E-state index in [0.717, 1.165) is 5.69 Å². The Morgan fingerprint density at radius 2 is 1.86 bits per heavy atom. The first-order valence-electron chi connectivity index (χ1n) is 6.00. The summed E-state index contributed by atoms with van der Waals surface area (Å²) in [6, 6.07) is 2.96. The van der Waals surface area contributed by atoms with Gasteiger partial charge < -0.3 is 19.9 Å². The zero-order valence-electron chi connectivity index (χ0n) is 10.7. The number of aromatic nitrogens is 1. The van der Waals surface area contributed by atoms with Crippen LogP contribution in [0.2, 0.25) is 0 Å². The van der Waals surface area contributed by atoms with Gasteiger partial charge in [0.15, 0.2) is 6.20 Å².